The summed E-state index contributed by atoms with van der Waals surface area (Å²) in [5, 5.41) is 17.0. The first-order chi connectivity index (χ1) is 17.5. The van der Waals surface area contributed by atoms with Crippen molar-refractivity contribution < 1.29 is 13.9 Å². The molecule has 3 aromatic carbocycles. The van der Waals surface area contributed by atoms with E-state index < -0.39 is 5.82 Å². The molecule has 4 rings (SSSR count). The normalized spacial score (nSPS) is 11.0. The second-order valence-electron chi connectivity index (χ2n) is 7.71. The molecular weight excluding hydrogens is 524 g/mol. The number of nitrogens with one attached hydrogen (secondary N) is 1. The smallest absolute Gasteiger partial charge is 0.214 e. The SMILES string of the molecule is COc1cc(CNCCCSc2nnnn2-c2ccccc2)c(Cl)cc1OCc1ccc(F)cc1Cl. The van der Waals surface area contributed by atoms with E-state index in [2.05, 4.69) is 20.8 Å². The molecule has 0 unspecified atom stereocenters. The number of halogens is 3. The first-order valence-electron chi connectivity index (χ1n) is 11.2. The summed E-state index contributed by atoms with van der Waals surface area (Å²) < 4.78 is 26.3. The Morgan fingerprint density at radius 2 is 1.81 bits per heavy atom. The Labute approximate surface area is 222 Å². The Hall–Kier alpha value is -2.85. The van der Waals surface area contributed by atoms with Gasteiger partial charge in [-0.1, -0.05) is 59.2 Å². The minimum atomic E-state index is -0.396. The van der Waals surface area contributed by atoms with Crippen molar-refractivity contribution in [2.45, 2.75) is 24.7 Å². The van der Waals surface area contributed by atoms with Gasteiger partial charge in [-0.25, -0.2) is 4.39 Å². The summed E-state index contributed by atoms with van der Waals surface area (Å²) in [6, 6.07) is 17.5. The maximum absolute atomic E-state index is 13.3. The number of benzene rings is 3. The summed E-state index contributed by atoms with van der Waals surface area (Å²) in [6.45, 7) is 1.53. The van der Waals surface area contributed by atoms with Crippen LogP contribution in [0.5, 0.6) is 11.5 Å². The summed E-state index contributed by atoms with van der Waals surface area (Å²) in [4.78, 5) is 0. The fraction of sp³-hybridized carbons (Fsp3) is 0.240. The number of aromatic nitrogens is 4. The van der Waals surface area contributed by atoms with Crippen molar-refractivity contribution >= 4 is 35.0 Å². The number of thioether (sulfide) groups is 1. The molecule has 0 radical (unpaired) electrons. The number of para-hydroxylation sites is 1. The fourth-order valence-electron chi connectivity index (χ4n) is 3.36. The first-order valence-corrected chi connectivity index (χ1v) is 12.9. The third kappa shape index (κ3) is 6.88. The van der Waals surface area contributed by atoms with Crippen molar-refractivity contribution in [1.29, 1.82) is 0 Å². The number of tetrazole rings is 1. The molecule has 0 fully saturated rings. The molecule has 4 aromatic rings. The highest BCUT2D eigenvalue weighted by molar-refractivity contribution is 7.99. The van der Waals surface area contributed by atoms with Gasteiger partial charge in [0.2, 0.25) is 5.16 Å². The van der Waals surface area contributed by atoms with E-state index in [0.717, 1.165) is 35.1 Å². The third-order valence-corrected chi connectivity index (χ3v) is 6.93. The van der Waals surface area contributed by atoms with Crippen molar-refractivity contribution in [1.82, 2.24) is 25.5 Å². The van der Waals surface area contributed by atoms with Gasteiger partial charge in [0.15, 0.2) is 11.5 Å². The molecular formula is C25H24Cl2FN5O2S. The third-order valence-electron chi connectivity index (χ3n) is 5.22. The Kier molecular flexibility index (Phi) is 9.41. The molecule has 11 heteroatoms. The Balaban J connectivity index is 1.25. The van der Waals surface area contributed by atoms with Gasteiger partial charge in [-0.2, -0.15) is 4.68 Å². The van der Waals surface area contributed by atoms with Crippen molar-refractivity contribution in [3.8, 4) is 17.2 Å². The van der Waals surface area contributed by atoms with Crippen LogP contribution in [0.3, 0.4) is 0 Å². The lowest BCUT2D eigenvalue weighted by Crippen LogP contribution is -2.16. The molecule has 1 N–H and O–H groups in total. The van der Waals surface area contributed by atoms with Gasteiger partial charge >= 0.3 is 0 Å². The molecule has 36 heavy (non-hydrogen) atoms. The predicted molar refractivity (Wildman–Crippen MR) is 140 cm³/mol. The molecule has 0 aliphatic heterocycles. The van der Waals surface area contributed by atoms with Crippen LogP contribution < -0.4 is 14.8 Å². The molecule has 0 atom stereocenters. The van der Waals surface area contributed by atoms with Gasteiger partial charge in [0.05, 0.1) is 17.8 Å². The zero-order valence-corrected chi connectivity index (χ0v) is 21.8. The van der Waals surface area contributed by atoms with Crippen molar-refractivity contribution in [3.63, 3.8) is 0 Å². The second kappa shape index (κ2) is 12.9. The van der Waals surface area contributed by atoms with Gasteiger partial charge in [0.25, 0.3) is 0 Å². The van der Waals surface area contributed by atoms with E-state index in [1.54, 1.807) is 35.7 Å². The van der Waals surface area contributed by atoms with Gasteiger partial charge in [-0.15, -0.1) is 5.10 Å². The lowest BCUT2D eigenvalue weighted by atomic mass is 10.2. The molecule has 0 amide bonds. The van der Waals surface area contributed by atoms with Crippen LogP contribution in [0.15, 0.2) is 65.8 Å². The largest absolute Gasteiger partial charge is 0.493 e. The molecule has 0 spiro atoms. The molecule has 1 heterocycles. The zero-order valence-electron chi connectivity index (χ0n) is 19.5. The molecule has 0 saturated carbocycles. The second-order valence-corrected chi connectivity index (χ2v) is 9.58. The van der Waals surface area contributed by atoms with E-state index in [0.29, 0.717) is 33.7 Å². The Morgan fingerprint density at radius 3 is 2.58 bits per heavy atom. The van der Waals surface area contributed by atoms with Gasteiger partial charge in [-0.3, -0.25) is 0 Å². The molecule has 0 aliphatic carbocycles. The van der Waals surface area contributed by atoms with Crippen molar-refractivity contribution in [2.75, 3.05) is 19.4 Å². The summed E-state index contributed by atoms with van der Waals surface area (Å²) in [7, 11) is 1.57. The van der Waals surface area contributed by atoms with Crippen molar-refractivity contribution in [3.05, 3.63) is 87.7 Å². The Morgan fingerprint density at radius 1 is 1.00 bits per heavy atom. The maximum atomic E-state index is 13.3. The molecule has 0 aliphatic rings. The minimum absolute atomic E-state index is 0.161. The summed E-state index contributed by atoms with van der Waals surface area (Å²) in [6.07, 6.45) is 0.917. The summed E-state index contributed by atoms with van der Waals surface area (Å²) in [5.74, 6) is 1.50. The summed E-state index contributed by atoms with van der Waals surface area (Å²) >= 11 is 14.2. The molecule has 1 aromatic heterocycles. The van der Waals surface area contributed by atoms with Gasteiger partial charge in [0, 0.05) is 29.0 Å². The van der Waals surface area contributed by atoms with Crippen molar-refractivity contribution in [2.24, 2.45) is 0 Å². The lowest BCUT2D eigenvalue weighted by molar-refractivity contribution is 0.284. The van der Waals surface area contributed by atoms with Crippen LogP contribution in [-0.2, 0) is 13.2 Å². The van der Waals surface area contributed by atoms with E-state index >= 15 is 0 Å². The van der Waals surface area contributed by atoms with Crippen LogP contribution >= 0.6 is 35.0 Å². The number of nitrogens with zero attached hydrogens (tertiary/aromatic N) is 4. The first kappa shape index (κ1) is 26.2. The van der Waals surface area contributed by atoms with E-state index in [-0.39, 0.29) is 6.61 Å². The number of ether oxygens (including phenoxy) is 2. The van der Waals surface area contributed by atoms with Crippen LogP contribution in [0.2, 0.25) is 10.0 Å². The topological polar surface area (TPSA) is 74.1 Å². The lowest BCUT2D eigenvalue weighted by Gasteiger charge is -2.15. The number of methoxy groups -OCH3 is 1. The average molecular weight is 548 g/mol. The molecule has 188 valence electrons. The number of hydrogen-bond acceptors (Lipinski definition) is 7. The van der Waals surface area contributed by atoms with E-state index in [9.17, 15) is 4.39 Å². The molecule has 0 bridgehead atoms. The van der Waals surface area contributed by atoms with E-state index in [4.69, 9.17) is 32.7 Å². The van der Waals surface area contributed by atoms with E-state index in [1.807, 2.05) is 36.4 Å². The highest BCUT2D eigenvalue weighted by Gasteiger charge is 2.13. The standard InChI is InChI=1S/C25H24Cl2FN5O2S/c1-34-23-12-18(22(27)14-24(23)35-16-17-8-9-19(28)13-21(17)26)15-29-10-5-11-36-25-30-31-32-33(25)20-6-3-2-4-7-20/h2-4,6-9,12-14,29H,5,10-11,15-16H2,1H3. The summed E-state index contributed by atoms with van der Waals surface area (Å²) in [5.41, 5.74) is 2.49. The fourth-order valence-corrected chi connectivity index (χ4v) is 4.64. The average Bonchev–Trinajstić information content (AvgIpc) is 3.35. The van der Waals surface area contributed by atoms with Gasteiger partial charge in [-0.05, 0) is 59.3 Å². The van der Waals surface area contributed by atoms with Crippen LogP contribution in [0.1, 0.15) is 17.5 Å². The molecule has 7 nitrogen and oxygen atoms in total. The van der Waals surface area contributed by atoms with E-state index in [1.165, 1.54) is 12.1 Å². The highest BCUT2D eigenvalue weighted by atomic mass is 35.5. The highest BCUT2D eigenvalue weighted by Crippen LogP contribution is 2.34. The van der Waals surface area contributed by atoms with Crippen LogP contribution in [-0.4, -0.2) is 39.6 Å². The molecule has 0 saturated heterocycles. The quantitative estimate of drug-likeness (QED) is 0.173. The predicted octanol–water partition coefficient (Wildman–Crippen LogP) is 5.97. The van der Waals surface area contributed by atoms with Gasteiger partial charge in [0.1, 0.15) is 12.4 Å². The number of hydrogen-bond donors (Lipinski definition) is 1. The zero-order chi connectivity index (χ0) is 25.3. The van der Waals surface area contributed by atoms with Gasteiger partial charge < -0.3 is 14.8 Å². The van der Waals surface area contributed by atoms with Crippen LogP contribution in [0.25, 0.3) is 5.69 Å². The van der Waals surface area contributed by atoms with Crippen LogP contribution in [0.4, 0.5) is 4.39 Å². The Bertz CT molecular complexity index is 1290. The minimum Gasteiger partial charge on any atom is -0.493 e. The number of rotatable bonds is 12. The monoisotopic (exact) mass is 547 g/mol. The van der Waals surface area contributed by atoms with Crippen LogP contribution in [0, 0.1) is 5.82 Å². The maximum Gasteiger partial charge on any atom is 0.214 e.